The van der Waals surface area contributed by atoms with Gasteiger partial charge in [0.15, 0.2) is 5.12 Å². The minimum absolute atomic E-state index is 0.117. The molecule has 2 aliphatic rings. The summed E-state index contributed by atoms with van der Waals surface area (Å²) in [6, 6.07) is 0.201. The molecule has 0 amide bonds. The minimum atomic E-state index is -0.744. The first-order valence-corrected chi connectivity index (χ1v) is 12.5. The molecule has 0 aromatic heterocycles. The SMILES string of the molecule is CC(=O)SC(CC(C)=CC1CC(SC2CCCCC2)CN1CC(=O)O)C(C)C. The van der Waals surface area contributed by atoms with Gasteiger partial charge in [0.05, 0.1) is 6.54 Å². The van der Waals surface area contributed by atoms with E-state index < -0.39 is 5.97 Å². The highest BCUT2D eigenvalue weighted by Crippen LogP contribution is 2.37. The fourth-order valence-corrected chi connectivity index (χ4v) is 7.11. The Bertz CT molecular complexity index is 558. The van der Waals surface area contributed by atoms with Crippen molar-refractivity contribution in [1.29, 1.82) is 0 Å². The standard InChI is InChI=1S/C22H37NO3S2/c1-15(2)21(27-17(4)24)11-16(3)10-18-12-20(13-23(18)14-22(25)26)28-19-8-6-5-7-9-19/h10,15,18-21H,5-9,11-14H2,1-4H3,(H,25,26). The summed E-state index contributed by atoms with van der Waals surface area (Å²) in [6.45, 7) is 9.09. The number of hydrogen-bond donors (Lipinski definition) is 1. The van der Waals surface area contributed by atoms with Crippen LogP contribution in [0.4, 0.5) is 0 Å². The van der Waals surface area contributed by atoms with Crippen LogP contribution in [0.1, 0.15) is 72.6 Å². The summed E-state index contributed by atoms with van der Waals surface area (Å²) in [4.78, 5) is 25.1. The first kappa shape index (κ1) is 23.8. The zero-order chi connectivity index (χ0) is 20.7. The molecule has 2 fully saturated rings. The molecule has 6 heteroatoms. The van der Waals surface area contributed by atoms with Crippen LogP contribution in [0.2, 0.25) is 0 Å². The Kier molecular flexibility index (Phi) is 9.91. The lowest BCUT2D eigenvalue weighted by atomic mass is 10.0. The summed E-state index contributed by atoms with van der Waals surface area (Å²) in [6.07, 6.45) is 10.9. The molecular weight excluding hydrogens is 390 g/mol. The van der Waals surface area contributed by atoms with Crippen LogP contribution in [-0.4, -0.2) is 56.0 Å². The maximum absolute atomic E-state index is 11.6. The van der Waals surface area contributed by atoms with E-state index in [1.807, 2.05) is 0 Å². The van der Waals surface area contributed by atoms with Crippen LogP contribution in [0.15, 0.2) is 11.6 Å². The number of carboxylic acids is 1. The zero-order valence-corrected chi connectivity index (χ0v) is 19.5. The number of allylic oxidation sites excluding steroid dienone is 1. The van der Waals surface area contributed by atoms with Crippen molar-refractivity contribution in [1.82, 2.24) is 4.90 Å². The molecule has 1 aliphatic heterocycles. The Balaban J connectivity index is 2.00. The highest BCUT2D eigenvalue weighted by Gasteiger charge is 2.34. The number of hydrogen-bond acceptors (Lipinski definition) is 5. The second kappa shape index (κ2) is 11.7. The van der Waals surface area contributed by atoms with E-state index in [0.717, 1.165) is 24.6 Å². The molecule has 28 heavy (non-hydrogen) atoms. The van der Waals surface area contributed by atoms with Gasteiger partial charge in [-0.2, -0.15) is 11.8 Å². The number of likely N-dealkylation sites (tertiary alicyclic amines) is 1. The largest absolute Gasteiger partial charge is 0.480 e. The molecule has 0 spiro atoms. The molecule has 0 aromatic rings. The van der Waals surface area contributed by atoms with Crippen LogP contribution >= 0.6 is 23.5 Å². The van der Waals surface area contributed by atoms with Gasteiger partial charge in [-0.3, -0.25) is 14.5 Å². The Morgan fingerprint density at radius 3 is 2.39 bits per heavy atom. The molecular formula is C22H37NO3S2. The fourth-order valence-electron chi connectivity index (χ4n) is 4.33. The van der Waals surface area contributed by atoms with Crippen LogP contribution in [-0.2, 0) is 9.59 Å². The van der Waals surface area contributed by atoms with Crippen LogP contribution in [0.3, 0.4) is 0 Å². The molecule has 3 atom stereocenters. The molecule has 1 saturated carbocycles. The van der Waals surface area contributed by atoms with E-state index in [2.05, 4.69) is 43.5 Å². The molecule has 2 rings (SSSR count). The number of aliphatic carboxylic acids is 1. The Hall–Kier alpha value is -0.460. The van der Waals surface area contributed by atoms with Gasteiger partial charge in [0.1, 0.15) is 0 Å². The highest BCUT2D eigenvalue weighted by molar-refractivity contribution is 8.14. The molecule has 1 heterocycles. The summed E-state index contributed by atoms with van der Waals surface area (Å²) in [5.41, 5.74) is 1.27. The lowest BCUT2D eigenvalue weighted by Gasteiger charge is -2.24. The van der Waals surface area contributed by atoms with E-state index in [9.17, 15) is 14.7 Å². The summed E-state index contributed by atoms with van der Waals surface area (Å²) < 4.78 is 0. The Labute approximate surface area is 179 Å². The van der Waals surface area contributed by atoms with Crippen molar-refractivity contribution in [3.63, 3.8) is 0 Å². The van der Waals surface area contributed by atoms with Crippen LogP contribution in [0.5, 0.6) is 0 Å². The molecule has 0 bridgehead atoms. The van der Waals surface area contributed by atoms with E-state index >= 15 is 0 Å². The van der Waals surface area contributed by atoms with Crippen molar-refractivity contribution in [3.8, 4) is 0 Å². The van der Waals surface area contributed by atoms with Gasteiger partial charge < -0.3 is 5.11 Å². The summed E-state index contributed by atoms with van der Waals surface area (Å²) in [5.74, 6) is -0.308. The van der Waals surface area contributed by atoms with Crippen molar-refractivity contribution in [2.75, 3.05) is 13.1 Å². The van der Waals surface area contributed by atoms with Gasteiger partial charge in [-0.05, 0) is 38.5 Å². The van der Waals surface area contributed by atoms with Gasteiger partial charge in [0.25, 0.3) is 0 Å². The monoisotopic (exact) mass is 427 g/mol. The van der Waals surface area contributed by atoms with Gasteiger partial charge in [-0.25, -0.2) is 0 Å². The van der Waals surface area contributed by atoms with Gasteiger partial charge in [-0.1, -0.05) is 56.5 Å². The van der Waals surface area contributed by atoms with E-state index in [1.165, 1.54) is 49.4 Å². The Morgan fingerprint density at radius 2 is 1.82 bits per heavy atom. The number of rotatable bonds is 9. The minimum Gasteiger partial charge on any atom is -0.480 e. The fraction of sp³-hybridized carbons (Fsp3) is 0.818. The van der Waals surface area contributed by atoms with Gasteiger partial charge >= 0.3 is 5.97 Å². The maximum atomic E-state index is 11.6. The predicted molar refractivity (Wildman–Crippen MR) is 121 cm³/mol. The molecule has 1 N–H and O–H groups in total. The molecule has 0 radical (unpaired) electrons. The van der Waals surface area contributed by atoms with Crippen LogP contribution in [0, 0.1) is 5.92 Å². The predicted octanol–water partition coefficient (Wildman–Crippen LogP) is 5.22. The highest BCUT2D eigenvalue weighted by atomic mass is 32.2. The van der Waals surface area contributed by atoms with Crippen LogP contribution in [0.25, 0.3) is 0 Å². The Morgan fingerprint density at radius 1 is 1.14 bits per heavy atom. The molecule has 1 aliphatic carbocycles. The third-order valence-corrected chi connectivity index (χ3v) is 8.68. The van der Waals surface area contributed by atoms with E-state index in [4.69, 9.17) is 0 Å². The number of carbonyl (C=O) groups excluding carboxylic acids is 1. The molecule has 160 valence electrons. The molecule has 0 aromatic carbocycles. The zero-order valence-electron chi connectivity index (χ0n) is 17.9. The third-order valence-electron chi connectivity index (χ3n) is 5.75. The smallest absolute Gasteiger partial charge is 0.317 e. The third kappa shape index (κ3) is 8.11. The summed E-state index contributed by atoms with van der Waals surface area (Å²) in [7, 11) is 0. The van der Waals surface area contributed by atoms with Crippen molar-refractivity contribution in [2.45, 2.75) is 94.4 Å². The van der Waals surface area contributed by atoms with E-state index in [-0.39, 0.29) is 23.0 Å². The molecule has 3 unspecified atom stereocenters. The average Bonchev–Trinajstić information content (AvgIpc) is 2.94. The number of carboxylic acid groups (broad SMARTS) is 1. The van der Waals surface area contributed by atoms with Crippen LogP contribution < -0.4 is 0 Å². The van der Waals surface area contributed by atoms with Crippen molar-refractivity contribution >= 4 is 34.6 Å². The molecule has 1 saturated heterocycles. The van der Waals surface area contributed by atoms with Gasteiger partial charge in [0.2, 0.25) is 0 Å². The number of carbonyl (C=O) groups is 2. The molecule has 4 nitrogen and oxygen atoms in total. The first-order chi connectivity index (χ1) is 13.2. The first-order valence-electron chi connectivity index (χ1n) is 10.7. The number of nitrogens with zero attached hydrogens (tertiary/aromatic N) is 1. The lowest BCUT2D eigenvalue weighted by Crippen LogP contribution is -2.34. The van der Waals surface area contributed by atoms with E-state index in [1.54, 1.807) is 6.92 Å². The van der Waals surface area contributed by atoms with Crippen molar-refractivity contribution in [3.05, 3.63) is 11.6 Å². The summed E-state index contributed by atoms with van der Waals surface area (Å²) in [5, 5.41) is 11.1. The normalized spacial score (nSPS) is 26.0. The second-order valence-corrected chi connectivity index (χ2v) is 11.8. The van der Waals surface area contributed by atoms with Crippen molar-refractivity contribution < 1.29 is 14.7 Å². The second-order valence-electron chi connectivity index (χ2n) is 8.75. The van der Waals surface area contributed by atoms with E-state index in [0.29, 0.717) is 11.2 Å². The maximum Gasteiger partial charge on any atom is 0.317 e. The quantitative estimate of drug-likeness (QED) is 0.509. The topological polar surface area (TPSA) is 57.6 Å². The van der Waals surface area contributed by atoms with Gasteiger partial charge in [-0.15, -0.1) is 0 Å². The lowest BCUT2D eigenvalue weighted by molar-refractivity contribution is -0.138. The van der Waals surface area contributed by atoms with Gasteiger partial charge in [0, 0.05) is 35.3 Å². The number of thioether (sulfide) groups is 2. The average molecular weight is 428 g/mol. The van der Waals surface area contributed by atoms with Crippen molar-refractivity contribution in [2.24, 2.45) is 5.92 Å². The summed E-state index contributed by atoms with van der Waals surface area (Å²) >= 11 is 3.54.